The molecule has 8 heteroatoms. The Balaban J connectivity index is 1.56. The van der Waals surface area contributed by atoms with Crippen molar-refractivity contribution in [3.63, 3.8) is 0 Å². The molecule has 2 fully saturated rings. The zero-order valence-electron chi connectivity index (χ0n) is 16.9. The molecule has 2 aliphatic rings. The maximum Gasteiger partial charge on any atom is 0.348 e. The van der Waals surface area contributed by atoms with Gasteiger partial charge < -0.3 is 10.1 Å². The number of imide groups is 1. The Bertz CT molecular complexity index is 955. The molecule has 4 rings (SSSR count). The first-order valence-electron chi connectivity index (χ1n) is 10.5. The number of nitrogens with zero attached hydrogens (tertiary/aromatic N) is 3. The molecule has 0 radical (unpaired) electrons. The lowest BCUT2D eigenvalue weighted by molar-refractivity contribution is -0.131. The Morgan fingerprint density at radius 3 is 2.55 bits per heavy atom. The van der Waals surface area contributed by atoms with Crippen molar-refractivity contribution in [3.8, 4) is 0 Å². The van der Waals surface area contributed by atoms with Crippen molar-refractivity contribution >= 4 is 22.8 Å². The van der Waals surface area contributed by atoms with Crippen LogP contribution in [0.1, 0.15) is 44.1 Å². The number of aryl methyl sites for hydroxylation is 2. The fourth-order valence-electron chi connectivity index (χ4n) is 4.31. The van der Waals surface area contributed by atoms with Gasteiger partial charge in [0.05, 0.1) is 17.1 Å². The van der Waals surface area contributed by atoms with Crippen molar-refractivity contribution < 1.29 is 14.3 Å². The summed E-state index contributed by atoms with van der Waals surface area (Å²) in [5.74, 6) is -0.645. The first-order chi connectivity index (χ1) is 14.1. The number of ether oxygens (including phenoxy) is 1. The summed E-state index contributed by atoms with van der Waals surface area (Å²) in [5.41, 5.74) is 2.01. The van der Waals surface area contributed by atoms with E-state index in [1.54, 1.807) is 13.1 Å². The van der Waals surface area contributed by atoms with E-state index in [1.165, 1.54) is 9.24 Å². The Morgan fingerprint density at radius 2 is 1.83 bits per heavy atom. The molecule has 0 unspecified atom stereocenters. The number of amides is 2. The first-order valence-corrected chi connectivity index (χ1v) is 10.5. The number of carbonyl (C=O) groups excluding carboxylic acids is 2. The lowest BCUT2D eigenvalue weighted by Crippen LogP contribution is -2.52. The number of piperidine rings is 2. The van der Waals surface area contributed by atoms with Gasteiger partial charge in [0, 0.05) is 26.5 Å². The van der Waals surface area contributed by atoms with Gasteiger partial charge in [-0.1, -0.05) is 12.1 Å². The van der Waals surface area contributed by atoms with Crippen LogP contribution in [0, 0.1) is 0 Å². The molecule has 3 heterocycles. The van der Waals surface area contributed by atoms with E-state index in [-0.39, 0.29) is 30.3 Å². The minimum absolute atomic E-state index is 0.280. The van der Waals surface area contributed by atoms with Gasteiger partial charge in [0.25, 0.3) is 0 Å². The lowest BCUT2D eigenvalue weighted by atomic mass is 10.1. The van der Waals surface area contributed by atoms with Gasteiger partial charge >= 0.3 is 5.69 Å². The van der Waals surface area contributed by atoms with E-state index >= 15 is 0 Å². The van der Waals surface area contributed by atoms with Gasteiger partial charge in [-0.15, -0.1) is 0 Å². The van der Waals surface area contributed by atoms with Crippen LogP contribution in [-0.4, -0.2) is 46.9 Å². The van der Waals surface area contributed by atoms with Crippen LogP contribution < -0.4 is 16.0 Å². The molecule has 2 saturated heterocycles. The molecule has 0 atom stereocenters. The third kappa shape index (κ3) is 3.86. The average molecular weight is 400 g/mol. The first kappa shape index (κ1) is 19.8. The average Bonchev–Trinajstić information content (AvgIpc) is 2.98. The highest BCUT2D eigenvalue weighted by atomic mass is 16.5. The Labute approximate surface area is 169 Å². The molecule has 2 amide bonds. The van der Waals surface area contributed by atoms with Gasteiger partial charge in [-0.3, -0.25) is 14.2 Å². The molecule has 0 spiro atoms. The van der Waals surface area contributed by atoms with E-state index in [9.17, 15) is 14.4 Å². The van der Waals surface area contributed by atoms with Crippen molar-refractivity contribution in [3.05, 3.63) is 34.2 Å². The number of nitrogens with one attached hydrogen (secondary N) is 1. The summed E-state index contributed by atoms with van der Waals surface area (Å²) < 4.78 is 8.77. The SMILES string of the molecule is Cn1c(=O)n(N2C(=O)CCCC2=O)c2cccc(CCCOC3CCNCC3)c21. The standard InChI is InChI=1S/C21H28N4O4/c1-23-20-15(6-4-14-29-16-10-12-22-13-11-16)5-2-7-17(20)24(21(23)28)25-18(26)8-3-9-19(25)27/h2,5,7,16,22H,3-4,6,8-14H2,1H3. The molecule has 0 saturated carbocycles. The monoisotopic (exact) mass is 400 g/mol. The van der Waals surface area contributed by atoms with Crippen molar-refractivity contribution in [2.24, 2.45) is 7.05 Å². The Kier molecular flexibility index (Phi) is 5.82. The number of carbonyl (C=O) groups is 2. The van der Waals surface area contributed by atoms with Crippen LogP contribution in [0.25, 0.3) is 11.0 Å². The number of aromatic nitrogens is 2. The van der Waals surface area contributed by atoms with Gasteiger partial charge in [-0.25, -0.2) is 4.79 Å². The highest BCUT2D eigenvalue weighted by Crippen LogP contribution is 2.21. The summed E-state index contributed by atoms with van der Waals surface area (Å²) in [4.78, 5) is 37.7. The van der Waals surface area contributed by atoms with E-state index in [4.69, 9.17) is 4.74 Å². The van der Waals surface area contributed by atoms with Crippen molar-refractivity contribution in [2.45, 2.75) is 51.0 Å². The number of imidazole rings is 1. The lowest BCUT2D eigenvalue weighted by Gasteiger charge is -2.25. The van der Waals surface area contributed by atoms with Crippen LogP contribution in [0.5, 0.6) is 0 Å². The summed E-state index contributed by atoms with van der Waals surface area (Å²) in [6.45, 7) is 2.69. The minimum Gasteiger partial charge on any atom is -0.378 e. The third-order valence-electron chi connectivity index (χ3n) is 5.81. The molecule has 0 aliphatic carbocycles. The summed E-state index contributed by atoms with van der Waals surface area (Å²) in [5, 5.41) is 4.36. The van der Waals surface area contributed by atoms with E-state index in [0.717, 1.165) is 54.9 Å². The largest absolute Gasteiger partial charge is 0.378 e. The van der Waals surface area contributed by atoms with Crippen LogP contribution in [0.4, 0.5) is 0 Å². The predicted molar refractivity (Wildman–Crippen MR) is 109 cm³/mol. The quantitative estimate of drug-likeness (QED) is 0.582. The van der Waals surface area contributed by atoms with Crippen LogP contribution in [-0.2, 0) is 27.8 Å². The molecule has 156 valence electrons. The van der Waals surface area contributed by atoms with Crippen LogP contribution in [0.3, 0.4) is 0 Å². The number of para-hydroxylation sites is 1. The van der Waals surface area contributed by atoms with Gasteiger partial charge in [-0.05, 0) is 56.8 Å². The minimum atomic E-state index is -0.373. The third-order valence-corrected chi connectivity index (χ3v) is 5.81. The summed E-state index contributed by atoms with van der Waals surface area (Å²) in [6, 6.07) is 5.66. The molecule has 29 heavy (non-hydrogen) atoms. The molecular formula is C21H28N4O4. The second kappa shape index (κ2) is 8.51. The highest BCUT2D eigenvalue weighted by Gasteiger charge is 2.31. The number of hydrogen-bond donors (Lipinski definition) is 1. The second-order valence-corrected chi connectivity index (χ2v) is 7.81. The topological polar surface area (TPSA) is 85.6 Å². The van der Waals surface area contributed by atoms with E-state index < -0.39 is 0 Å². The summed E-state index contributed by atoms with van der Waals surface area (Å²) in [6.07, 6.45) is 5.13. The van der Waals surface area contributed by atoms with Crippen molar-refractivity contribution in [2.75, 3.05) is 24.7 Å². The van der Waals surface area contributed by atoms with Crippen LogP contribution in [0.2, 0.25) is 0 Å². The maximum atomic E-state index is 12.9. The maximum absolute atomic E-state index is 12.9. The number of hydrogen-bond acceptors (Lipinski definition) is 5. The second-order valence-electron chi connectivity index (χ2n) is 7.81. The van der Waals surface area contributed by atoms with Crippen molar-refractivity contribution in [1.82, 2.24) is 14.6 Å². The molecule has 2 aromatic rings. The highest BCUT2D eigenvalue weighted by molar-refractivity contribution is 6.11. The number of rotatable bonds is 6. The molecule has 2 aliphatic heterocycles. The fraction of sp³-hybridized carbons (Fsp3) is 0.571. The van der Waals surface area contributed by atoms with E-state index in [0.29, 0.717) is 24.6 Å². The molecule has 0 bridgehead atoms. The van der Waals surface area contributed by atoms with E-state index in [2.05, 4.69) is 5.32 Å². The fourth-order valence-corrected chi connectivity index (χ4v) is 4.31. The number of benzene rings is 1. The zero-order valence-corrected chi connectivity index (χ0v) is 16.9. The smallest absolute Gasteiger partial charge is 0.348 e. The van der Waals surface area contributed by atoms with Crippen LogP contribution in [0.15, 0.2) is 23.0 Å². The zero-order chi connectivity index (χ0) is 20.4. The van der Waals surface area contributed by atoms with Gasteiger partial charge in [0.2, 0.25) is 11.8 Å². The normalized spacial score (nSPS) is 18.7. The molecule has 8 nitrogen and oxygen atoms in total. The summed E-state index contributed by atoms with van der Waals surface area (Å²) >= 11 is 0. The van der Waals surface area contributed by atoms with Gasteiger partial charge in [0.1, 0.15) is 0 Å². The summed E-state index contributed by atoms with van der Waals surface area (Å²) in [7, 11) is 1.69. The molecule has 1 aromatic heterocycles. The Morgan fingerprint density at radius 1 is 1.10 bits per heavy atom. The molecular weight excluding hydrogens is 372 g/mol. The predicted octanol–water partition coefficient (Wildman–Crippen LogP) is 1.22. The van der Waals surface area contributed by atoms with E-state index in [1.807, 2.05) is 12.1 Å². The molecule has 1 N–H and O–H groups in total. The van der Waals surface area contributed by atoms with Gasteiger partial charge in [0.15, 0.2) is 0 Å². The Hall–Kier alpha value is -2.45. The van der Waals surface area contributed by atoms with Crippen molar-refractivity contribution in [1.29, 1.82) is 0 Å². The number of fused-ring (bicyclic) bond motifs is 1. The van der Waals surface area contributed by atoms with Gasteiger partial charge in [-0.2, -0.15) is 9.69 Å². The molecule has 1 aromatic carbocycles. The van der Waals surface area contributed by atoms with Crippen LogP contribution >= 0.6 is 0 Å².